The molecule has 78 valence electrons. The lowest BCUT2D eigenvalue weighted by atomic mass is 9.89. The average molecular weight is 188 g/mol. The van der Waals surface area contributed by atoms with Gasteiger partial charge in [0.15, 0.2) is 5.78 Å². The van der Waals surface area contributed by atoms with E-state index in [1.165, 1.54) is 13.8 Å². The van der Waals surface area contributed by atoms with E-state index in [4.69, 9.17) is 11.5 Å². The van der Waals surface area contributed by atoms with Crippen LogP contribution in [0.3, 0.4) is 0 Å². The van der Waals surface area contributed by atoms with Crippen LogP contribution in [0.5, 0.6) is 0 Å². The fraction of sp³-hybridized carbons (Fsp3) is 0.889. The zero-order valence-electron chi connectivity index (χ0n) is 8.42. The molecule has 4 heteroatoms. The van der Waals surface area contributed by atoms with E-state index in [9.17, 15) is 9.90 Å². The molecule has 0 heterocycles. The predicted octanol–water partition coefficient (Wildman–Crippen LogP) is -0.217. The quantitative estimate of drug-likeness (QED) is 0.503. The van der Waals surface area contributed by atoms with Crippen molar-refractivity contribution in [3.05, 3.63) is 0 Å². The second kappa shape index (κ2) is 5.32. The van der Waals surface area contributed by atoms with E-state index in [-0.39, 0.29) is 5.78 Å². The summed E-state index contributed by atoms with van der Waals surface area (Å²) in [6.45, 7) is 3.43. The minimum atomic E-state index is -1.39. The summed E-state index contributed by atoms with van der Waals surface area (Å²) in [4.78, 5) is 11.0. The van der Waals surface area contributed by atoms with E-state index < -0.39 is 11.6 Å². The molecule has 2 atom stereocenters. The molecular weight excluding hydrogens is 168 g/mol. The van der Waals surface area contributed by atoms with Crippen LogP contribution in [0.2, 0.25) is 0 Å². The van der Waals surface area contributed by atoms with Crippen molar-refractivity contribution in [2.75, 3.05) is 6.54 Å². The van der Waals surface area contributed by atoms with E-state index in [0.717, 1.165) is 12.8 Å². The molecule has 0 aromatic carbocycles. The smallest absolute Gasteiger partial charge is 0.162 e. The number of Topliss-reactive ketones (excluding diaryl/α,β-unsaturated/α-hetero) is 1. The van der Waals surface area contributed by atoms with E-state index in [2.05, 4.69) is 0 Å². The molecule has 5 N–H and O–H groups in total. The Balaban J connectivity index is 3.94. The molecule has 0 fully saturated rings. The van der Waals surface area contributed by atoms with Crippen LogP contribution in [0.25, 0.3) is 0 Å². The first-order chi connectivity index (χ1) is 5.92. The number of unbranched alkanes of at least 4 members (excludes halogenated alkanes) is 1. The standard InChI is InChI=1S/C9H20N2O2/c1-7(12)9(2,13)8(11)5-3-4-6-10/h8,13H,3-6,10-11H2,1-2H3/t8-,9?/m0/s1. The summed E-state index contributed by atoms with van der Waals surface area (Å²) in [6, 6.07) is -0.489. The summed E-state index contributed by atoms with van der Waals surface area (Å²) < 4.78 is 0. The molecule has 0 aromatic heterocycles. The predicted molar refractivity (Wildman–Crippen MR) is 52.2 cm³/mol. The number of ketones is 1. The van der Waals surface area contributed by atoms with Gasteiger partial charge in [0.2, 0.25) is 0 Å². The minimum Gasteiger partial charge on any atom is -0.381 e. The molecule has 0 saturated carbocycles. The Morgan fingerprint density at radius 1 is 1.54 bits per heavy atom. The molecule has 4 nitrogen and oxygen atoms in total. The Morgan fingerprint density at radius 3 is 2.46 bits per heavy atom. The third-order valence-corrected chi connectivity index (χ3v) is 2.40. The topological polar surface area (TPSA) is 89.3 Å². The molecular formula is C9H20N2O2. The summed E-state index contributed by atoms with van der Waals surface area (Å²) in [5.41, 5.74) is 9.60. The third-order valence-electron chi connectivity index (χ3n) is 2.40. The van der Waals surface area contributed by atoms with Gasteiger partial charge in [-0.1, -0.05) is 6.42 Å². The second-order valence-electron chi connectivity index (χ2n) is 3.59. The van der Waals surface area contributed by atoms with Crippen LogP contribution in [0.1, 0.15) is 33.1 Å². The average Bonchev–Trinajstić information content (AvgIpc) is 2.04. The van der Waals surface area contributed by atoms with Crippen LogP contribution >= 0.6 is 0 Å². The first-order valence-corrected chi connectivity index (χ1v) is 4.62. The van der Waals surface area contributed by atoms with Crippen molar-refractivity contribution in [3.8, 4) is 0 Å². The van der Waals surface area contributed by atoms with Crippen molar-refractivity contribution in [1.82, 2.24) is 0 Å². The SMILES string of the molecule is CC(=O)C(C)(O)[C@@H](N)CCCCN. The van der Waals surface area contributed by atoms with Crippen molar-refractivity contribution < 1.29 is 9.90 Å². The molecule has 0 rings (SSSR count). The first kappa shape index (κ1) is 12.6. The van der Waals surface area contributed by atoms with Crippen LogP contribution in [0, 0.1) is 0 Å². The Labute approximate surface area is 79.3 Å². The van der Waals surface area contributed by atoms with Gasteiger partial charge in [-0.15, -0.1) is 0 Å². The fourth-order valence-electron chi connectivity index (χ4n) is 1.05. The van der Waals surface area contributed by atoms with Gasteiger partial charge in [0, 0.05) is 6.04 Å². The van der Waals surface area contributed by atoms with E-state index in [0.29, 0.717) is 13.0 Å². The van der Waals surface area contributed by atoms with Crippen LogP contribution in [-0.4, -0.2) is 29.1 Å². The highest BCUT2D eigenvalue weighted by atomic mass is 16.3. The highest BCUT2D eigenvalue weighted by Crippen LogP contribution is 2.14. The van der Waals surface area contributed by atoms with Gasteiger partial charge >= 0.3 is 0 Å². The Bertz CT molecular complexity index is 169. The lowest BCUT2D eigenvalue weighted by molar-refractivity contribution is -0.135. The molecule has 0 aromatic rings. The first-order valence-electron chi connectivity index (χ1n) is 4.62. The Hall–Kier alpha value is -0.450. The van der Waals surface area contributed by atoms with Crippen molar-refractivity contribution in [2.24, 2.45) is 11.5 Å². The van der Waals surface area contributed by atoms with Gasteiger partial charge < -0.3 is 16.6 Å². The Morgan fingerprint density at radius 2 is 2.08 bits per heavy atom. The summed E-state index contributed by atoms with van der Waals surface area (Å²) in [7, 11) is 0. The highest BCUT2D eigenvalue weighted by Gasteiger charge is 2.33. The van der Waals surface area contributed by atoms with Crippen LogP contribution in [0.4, 0.5) is 0 Å². The van der Waals surface area contributed by atoms with Crippen LogP contribution < -0.4 is 11.5 Å². The van der Waals surface area contributed by atoms with Crippen LogP contribution in [-0.2, 0) is 4.79 Å². The number of rotatable bonds is 6. The van der Waals surface area contributed by atoms with Gasteiger partial charge in [-0.25, -0.2) is 0 Å². The number of hydrogen-bond acceptors (Lipinski definition) is 4. The molecule has 0 spiro atoms. The summed E-state index contributed by atoms with van der Waals surface area (Å²) in [5.74, 6) is -0.284. The molecule has 13 heavy (non-hydrogen) atoms. The van der Waals surface area contributed by atoms with E-state index in [1.54, 1.807) is 0 Å². The maximum atomic E-state index is 11.0. The monoisotopic (exact) mass is 188 g/mol. The molecule has 1 unspecified atom stereocenters. The fourth-order valence-corrected chi connectivity index (χ4v) is 1.05. The number of carbonyl (C=O) groups excluding carboxylic acids is 1. The largest absolute Gasteiger partial charge is 0.381 e. The maximum absolute atomic E-state index is 11.0. The van der Waals surface area contributed by atoms with Crippen molar-refractivity contribution >= 4 is 5.78 Å². The molecule has 0 aliphatic heterocycles. The van der Waals surface area contributed by atoms with Gasteiger partial charge in [-0.2, -0.15) is 0 Å². The lowest BCUT2D eigenvalue weighted by Crippen LogP contribution is -2.50. The second-order valence-corrected chi connectivity index (χ2v) is 3.59. The van der Waals surface area contributed by atoms with E-state index >= 15 is 0 Å². The lowest BCUT2D eigenvalue weighted by Gasteiger charge is -2.27. The number of aliphatic hydroxyl groups is 1. The van der Waals surface area contributed by atoms with Gasteiger partial charge in [-0.3, -0.25) is 4.79 Å². The zero-order chi connectivity index (χ0) is 10.5. The van der Waals surface area contributed by atoms with Crippen LogP contribution in [0.15, 0.2) is 0 Å². The summed E-state index contributed by atoms with van der Waals surface area (Å²) >= 11 is 0. The Kier molecular flexibility index (Phi) is 5.13. The third kappa shape index (κ3) is 3.85. The van der Waals surface area contributed by atoms with Crippen molar-refractivity contribution in [1.29, 1.82) is 0 Å². The van der Waals surface area contributed by atoms with Gasteiger partial charge in [0.05, 0.1) is 0 Å². The van der Waals surface area contributed by atoms with Crippen molar-refractivity contribution in [3.63, 3.8) is 0 Å². The minimum absolute atomic E-state index is 0.284. The number of carbonyl (C=O) groups is 1. The highest BCUT2D eigenvalue weighted by molar-refractivity contribution is 5.85. The molecule has 0 saturated heterocycles. The summed E-state index contributed by atoms with van der Waals surface area (Å²) in [5, 5.41) is 9.65. The van der Waals surface area contributed by atoms with Gasteiger partial charge in [0.1, 0.15) is 5.60 Å². The molecule has 0 amide bonds. The van der Waals surface area contributed by atoms with E-state index in [1.807, 2.05) is 0 Å². The van der Waals surface area contributed by atoms with Crippen molar-refractivity contribution in [2.45, 2.75) is 44.8 Å². The zero-order valence-corrected chi connectivity index (χ0v) is 8.42. The molecule has 0 radical (unpaired) electrons. The van der Waals surface area contributed by atoms with Gasteiger partial charge in [-0.05, 0) is 33.2 Å². The molecule has 0 aliphatic carbocycles. The summed E-state index contributed by atoms with van der Waals surface area (Å²) in [6.07, 6.45) is 2.35. The molecule has 0 aliphatic rings. The molecule has 0 bridgehead atoms. The number of nitrogens with two attached hydrogens (primary N) is 2. The maximum Gasteiger partial charge on any atom is 0.162 e. The van der Waals surface area contributed by atoms with Gasteiger partial charge in [0.25, 0.3) is 0 Å². The number of hydrogen-bond donors (Lipinski definition) is 3. The normalized spacial score (nSPS) is 17.9.